The van der Waals surface area contributed by atoms with E-state index in [-0.39, 0.29) is 12.1 Å². The minimum atomic E-state index is -0.240. The summed E-state index contributed by atoms with van der Waals surface area (Å²) in [5.41, 5.74) is -0.240. The monoisotopic (exact) mass is 145 g/mol. The smallest absolute Gasteiger partial charge is 0.0676 e. The Hall–Kier alpha value is -0.240. The lowest BCUT2D eigenvalue weighted by Crippen LogP contribution is -2.17. The highest BCUT2D eigenvalue weighted by molar-refractivity contribution is 7.78. The zero-order valence-corrected chi connectivity index (χ0v) is 6.53. The highest BCUT2D eigenvalue weighted by Gasteiger charge is 2.13. The SMILES string of the molecule is CC(C)(CCO)N=C=S. The van der Waals surface area contributed by atoms with Crippen LogP contribution < -0.4 is 0 Å². The Morgan fingerprint density at radius 3 is 2.56 bits per heavy atom. The molecule has 0 saturated heterocycles. The molecule has 0 rings (SSSR count). The minimum absolute atomic E-state index is 0.146. The number of thiocarbonyl (C=S) groups is 1. The van der Waals surface area contributed by atoms with E-state index in [1.807, 2.05) is 13.8 Å². The van der Waals surface area contributed by atoms with Crippen molar-refractivity contribution in [2.24, 2.45) is 4.99 Å². The van der Waals surface area contributed by atoms with E-state index in [2.05, 4.69) is 22.4 Å². The van der Waals surface area contributed by atoms with E-state index < -0.39 is 0 Å². The first kappa shape index (κ1) is 8.76. The first-order valence-electron chi connectivity index (χ1n) is 2.82. The number of hydrogen-bond acceptors (Lipinski definition) is 3. The van der Waals surface area contributed by atoms with Crippen LogP contribution in [0.2, 0.25) is 0 Å². The van der Waals surface area contributed by atoms with Crippen LogP contribution in [0.4, 0.5) is 0 Å². The Bertz CT molecular complexity index is 127. The summed E-state index contributed by atoms with van der Waals surface area (Å²) < 4.78 is 0. The Labute approximate surface area is 60.6 Å². The van der Waals surface area contributed by atoms with Gasteiger partial charge in [-0.1, -0.05) is 0 Å². The predicted octanol–water partition coefficient (Wildman–Crippen LogP) is 1.25. The van der Waals surface area contributed by atoms with Crippen molar-refractivity contribution in [3.63, 3.8) is 0 Å². The summed E-state index contributed by atoms with van der Waals surface area (Å²) in [4.78, 5) is 3.85. The van der Waals surface area contributed by atoms with Gasteiger partial charge in [-0.3, -0.25) is 0 Å². The minimum Gasteiger partial charge on any atom is -0.396 e. The van der Waals surface area contributed by atoms with E-state index in [4.69, 9.17) is 5.11 Å². The molecule has 0 fully saturated rings. The van der Waals surface area contributed by atoms with Crippen LogP contribution in [0.3, 0.4) is 0 Å². The topological polar surface area (TPSA) is 32.6 Å². The third kappa shape index (κ3) is 4.28. The third-order valence-corrected chi connectivity index (χ3v) is 1.16. The van der Waals surface area contributed by atoms with Gasteiger partial charge in [0, 0.05) is 6.61 Å². The zero-order valence-electron chi connectivity index (χ0n) is 5.72. The fraction of sp³-hybridized carbons (Fsp3) is 0.833. The van der Waals surface area contributed by atoms with Gasteiger partial charge in [-0.05, 0) is 32.5 Å². The number of aliphatic imine (C=N–C) groups is 1. The normalized spacial score (nSPS) is 10.6. The number of nitrogens with zero attached hydrogens (tertiary/aromatic N) is 1. The third-order valence-electron chi connectivity index (χ3n) is 1.07. The predicted molar refractivity (Wildman–Crippen MR) is 40.8 cm³/mol. The molecule has 0 aromatic carbocycles. The second-order valence-electron chi connectivity index (χ2n) is 2.49. The highest BCUT2D eigenvalue weighted by atomic mass is 32.1. The van der Waals surface area contributed by atoms with Gasteiger partial charge in [0.1, 0.15) is 0 Å². The van der Waals surface area contributed by atoms with Gasteiger partial charge in [0.2, 0.25) is 0 Å². The molecule has 0 amide bonds. The Morgan fingerprint density at radius 1 is 1.67 bits per heavy atom. The van der Waals surface area contributed by atoms with E-state index in [9.17, 15) is 0 Å². The number of hydrogen-bond donors (Lipinski definition) is 1. The van der Waals surface area contributed by atoms with Crippen LogP contribution in [0.25, 0.3) is 0 Å². The van der Waals surface area contributed by atoms with Crippen LogP contribution in [0.1, 0.15) is 20.3 Å². The van der Waals surface area contributed by atoms with Crippen LogP contribution in [-0.4, -0.2) is 22.4 Å². The molecule has 0 aliphatic rings. The van der Waals surface area contributed by atoms with Crippen LogP contribution in [0.15, 0.2) is 4.99 Å². The molecule has 0 aliphatic carbocycles. The second-order valence-corrected chi connectivity index (χ2v) is 2.67. The molecule has 52 valence electrons. The number of rotatable bonds is 3. The molecular weight excluding hydrogens is 134 g/mol. The van der Waals surface area contributed by atoms with Crippen LogP contribution >= 0.6 is 12.2 Å². The largest absolute Gasteiger partial charge is 0.396 e. The molecule has 0 atom stereocenters. The van der Waals surface area contributed by atoms with E-state index in [0.717, 1.165) is 0 Å². The molecule has 0 radical (unpaired) electrons. The lowest BCUT2D eigenvalue weighted by atomic mass is 10.0. The van der Waals surface area contributed by atoms with E-state index in [0.29, 0.717) is 6.42 Å². The maximum absolute atomic E-state index is 8.51. The van der Waals surface area contributed by atoms with Crippen molar-refractivity contribution in [3.8, 4) is 0 Å². The van der Waals surface area contributed by atoms with Gasteiger partial charge in [0.15, 0.2) is 0 Å². The molecule has 0 aromatic rings. The van der Waals surface area contributed by atoms with Gasteiger partial charge in [0.05, 0.1) is 10.7 Å². The molecular formula is C6H11NOS. The van der Waals surface area contributed by atoms with Gasteiger partial charge in [-0.2, -0.15) is 0 Å². The molecule has 1 N–H and O–H groups in total. The maximum Gasteiger partial charge on any atom is 0.0676 e. The molecule has 0 bridgehead atoms. The van der Waals surface area contributed by atoms with Gasteiger partial charge >= 0.3 is 0 Å². The van der Waals surface area contributed by atoms with E-state index in [1.165, 1.54) is 0 Å². The van der Waals surface area contributed by atoms with Crippen LogP contribution in [-0.2, 0) is 0 Å². The highest BCUT2D eigenvalue weighted by Crippen LogP contribution is 2.11. The second kappa shape index (κ2) is 3.72. The number of aliphatic hydroxyl groups excluding tert-OH is 1. The average molecular weight is 145 g/mol. The van der Waals surface area contributed by atoms with Crippen molar-refractivity contribution in [1.82, 2.24) is 0 Å². The fourth-order valence-electron chi connectivity index (χ4n) is 0.453. The lowest BCUT2D eigenvalue weighted by molar-refractivity contribution is 0.255. The molecule has 3 heteroatoms. The standard InChI is InChI=1S/C6H11NOS/c1-6(2,3-4-8)7-5-9/h8H,3-4H2,1-2H3. The molecule has 2 nitrogen and oxygen atoms in total. The summed E-state index contributed by atoms with van der Waals surface area (Å²) in [5, 5.41) is 10.8. The number of aliphatic hydroxyl groups is 1. The quantitative estimate of drug-likeness (QED) is 0.479. The van der Waals surface area contributed by atoms with E-state index >= 15 is 0 Å². The molecule has 0 unspecified atom stereocenters. The van der Waals surface area contributed by atoms with Crippen molar-refractivity contribution < 1.29 is 5.11 Å². The molecule has 0 aromatic heterocycles. The summed E-state index contributed by atoms with van der Waals surface area (Å²) >= 11 is 4.42. The molecule has 0 aliphatic heterocycles. The van der Waals surface area contributed by atoms with Gasteiger partial charge in [-0.15, -0.1) is 0 Å². The van der Waals surface area contributed by atoms with Crippen molar-refractivity contribution in [2.45, 2.75) is 25.8 Å². The fourth-order valence-corrected chi connectivity index (χ4v) is 0.700. The van der Waals surface area contributed by atoms with Crippen molar-refractivity contribution in [3.05, 3.63) is 0 Å². The first-order chi connectivity index (χ1) is 4.12. The van der Waals surface area contributed by atoms with Crippen LogP contribution in [0.5, 0.6) is 0 Å². The zero-order chi connectivity index (χ0) is 7.33. The average Bonchev–Trinajstić information content (AvgIpc) is 1.64. The van der Waals surface area contributed by atoms with Gasteiger partial charge in [0.25, 0.3) is 0 Å². The summed E-state index contributed by atoms with van der Waals surface area (Å²) in [7, 11) is 0. The molecule has 0 heterocycles. The van der Waals surface area contributed by atoms with Crippen molar-refractivity contribution in [2.75, 3.05) is 6.61 Å². The first-order valence-corrected chi connectivity index (χ1v) is 3.23. The van der Waals surface area contributed by atoms with Gasteiger partial charge in [-0.25, -0.2) is 4.99 Å². The van der Waals surface area contributed by atoms with Crippen molar-refractivity contribution in [1.29, 1.82) is 0 Å². The number of isothiocyanates is 1. The maximum atomic E-state index is 8.51. The Balaban J connectivity index is 3.85. The van der Waals surface area contributed by atoms with Crippen molar-refractivity contribution >= 4 is 17.4 Å². The lowest BCUT2D eigenvalue weighted by Gasteiger charge is -2.14. The summed E-state index contributed by atoms with van der Waals surface area (Å²) in [6, 6.07) is 0. The molecule has 0 spiro atoms. The van der Waals surface area contributed by atoms with Crippen LogP contribution in [0, 0.1) is 0 Å². The molecule has 9 heavy (non-hydrogen) atoms. The summed E-state index contributed by atoms with van der Waals surface area (Å²) in [6.45, 7) is 3.96. The molecule has 0 saturated carbocycles. The van der Waals surface area contributed by atoms with Gasteiger partial charge < -0.3 is 5.11 Å². The Morgan fingerprint density at radius 2 is 2.22 bits per heavy atom. The Kier molecular flexibility index (Phi) is 3.62. The summed E-state index contributed by atoms with van der Waals surface area (Å²) in [6.07, 6.45) is 0.636. The van der Waals surface area contributed by atoms with E-state index in [1.54, 1.807) is 0 Å². The summed E-state index contributed by atoms with van der Waals surface area (Å²) in [5.74, 6) is 0.